The van der Waals surface area contributed by atoms with Crippen LogP contribution in [0.3, 0.4) is 0 Å². The molecule has 15 heavy (non-hydrogen) atoms. The Morgan fingerprint density at radius 1 is 1.13 bits per heavy atom. The summed E-state index contributed by atoms with van der Waals surface area (Å²) in [6.45, 7) is 17.6. The lowest BCUT2D eigenvalue weighted by atomic mass is 10.2. The van der Waals surface area contributed by atoms with Crippen LogP contribution in [0.2, 0.25) is 0 Å². The van der Waals surface area contributed by atoms with E-state index in [2.05, 4.69) is 48.1 Å². The smallest absolute Gasteiger partial charge is 0.126 e. The van der Waals surface area contributed by atoms with E-state index in [1.807, 2.05) is 6.08 Å². The highest BCUT2D eigenvalue weighted by Gasteiger charge is 2.49. The van der Waals surface area contributed by atoms with E-state index in [1.165, 1.54) is 0 Å². The van der Waals surface area contributed by atoms with Gasteiger partial charge in [-0.1, -0.05) is 6.08 Å². The van der Waals surface area contributed by atoms with E-state index in [4.69, 9.17) is 8.37 Å². The third-order valence-corrected chi connectivity index (χ3v) is 6.74. The lowest BCUT2D eigenvalue weighted by Gasteiger charge is -2.57. The zero-order chi connectivity index (χ0) is 11.9. The van der Waals surface area contributed by atoms with E-state index in [0.29, 0.717) is 6.61 Å². The van der Waals surface area contributed by atoms with E-state index in [9.17, 15) is 0 Å². The second-order valence-corrected chi connectivity index (χ2v) is 9.77. The van der Waals surface area contributed by atoms with E-state index < -0.39 is 10.6 Å². The van der Waals surface area contributed by atoms with Crippen molar-refractivity contribution in [1.29, 1.82) is 0 Å². The van der Waals surface area contributed by atoms with Gasteiger partial charge in [-0.25, -0.2) is 0 Å². The normalized spacial score (nSPS) is 28.8. The Kier molecular flexibility index (Phi) is 3.30. The van der Waals surface area contributed by atoms with Crippen LogP contribution in [0.5, 0.6) is 0 Å². The Labute approximate surface area is 95.8 Å². The van der Waals surface area contributed by atoms with Crippen molar-refractivity contribution in [1.82, 2.24) is 0 Å². The summed E-state index contributed by atoms with van der Waals surface area (Å²) in [6, 6.07) is 0. The zero-order valence-electron chi connectivity index (χ0n) is 10.8. The minimum absolute atomic E-state index is 0.0308. The molecule has 1 saturated heterocycles. The van der Waals surface area contributed by atoms with Crippen molar-refractivity contribution in [2.45, 2.75) is 57.1 Å². The Bertz CT molecular complexity index is 233. The minimum atomic E-state index is -1.53. The highest BCUT2D eigenvalue weighted by molar-refractivity contribution is 8.28. The third-order valence-electron chi connectivity index (χ3n) is 2.53. The molecule has 90 valence electrons. The average Bonchev–Trinajstić information content (AvgIpc) is 2.45. The fraction of sp³-hybridized carbons (Fsp3) is 0.833. The quantitative estimate of drug-likeness (QED) is 0.640. The molecule has 1 aliphatic rings. The van der Waals surface area contributed by atoms with Crippen molar-refractivity contribution in [3.8, 4) is 0 Å². The van der Waals surface area contributed by atoms with Gasteiger partial charge in [0.25, 0.3) is 0 Å². The van der Waals surface area contributed by atoms with Gasteiger partial charge in [0.05, 0.1) is 9.49 Å². The summed E-state index contributed by atoms with van der Waals surface area (Å²) >= 11 is 0. The van der Waals surface area contributed by atoms with Crippen molar-refractivity contribution in [2.75, 3.05) is 6.61 Å². The van der Waals surface area contributed by atoms with Gasteiger partial charge in [-0.05, 0) is 41.5 Å². The van der Waals surface area contributed by atoms with Gasteiger partial charge in [0, 0.05) is 0 Å². The minimum Gasteiger partial charge on any atom is -0.280 e. The van der Waals surface area contributed by atoms with Gasteiger partial charge in [-0.15, -0.1) is 6.58 Å². The maximum atomic E-state index is 6.17. The van der Waals surface area contributed by atoms with E-state index in [1.54, 1.807) is 0 Å². The van der Waals surface area contributed by atoms with Gasteiger partial charge < -0.3 is 0 Å². The summed E-state index contributed by atoms with van der Waals surface area (Å²) < 4.78 is 12.3. The van der Waals surface area contributed by atoms with Crippen molar-refractivity contribution >= 4 is 10.6 Å². The second-order valence-electron chi connectivity index (χ2n) is 5.88. The molecule has 0 aromatic carbocycles. The highest BCUT2D eigenvalue weighted by atomic mass is 32.3. The molecule has 1 unspecified atom stereocenters. The molecule has 0 bridgehead atoms. The second kappa shape index (κ2) is 3.79. The summed E-state index contributed by atoms with van der Waals surface area (Å²) in [6.07, 6.45) is 1.89. The average molecular weight is 232 g/mol. The SMILES string of the molecule is C=CC1COS(C(C)(C)C)(C(C)(C)C)O1. The standard InChI is InChI=1S/C12H24O2S/c1-8-10-9-13-15(14-10,11(2,3)4)12(5,6)7/h8,10H,1,9H2,2-7H3. The van der Waals surface area contributed by atoms with Gasteiger partial charge in [-0.3, -0.25) is 8.37 Å². The van der Waals surface area contributed by atoms with Crippen molar-refractivity contribution in [3.63, 3.8) is 0 Å². The molecular weight excluding hydrogens is 208 g/mol. The van der Waals surface area contributed by atoms with Gasteiger partial charge in [0.15, 0.2) is 0 Å². The fourth-order valence-corrected chi connectivity index (χ4v) is 6.05. The van der Waals surface area contributed by atoms with Crippen molar-refractivity contribution in [2.24, 2.45) is 0 Å². The summed E-state index contributed by atoms with van der Waals surface area (Å²) in [5.74, 6) is 0. The summed E-state index contributed by atoms with van der Waals surface area (Å²) in [5, 5.41) is 0. The first-order valence-corrected chi connectivity index (χ1v) is 6.90. The molecule has 1 fully saturated rings. The summed E-state index contributed by atoms with van der Waals surface area (Å²) in [4.78, 5) is 0. The van der Waals surface area contributed by atoms with Crippen LogP contribution in [0.25, 0.3) is 0 Å². The number of hydrogen-bond donors (Lipinski definition) is 0. The van der Waals surface area contributed by atoms with Crippen LogP contribution < -0.4 is 0 Å². The molecular formula is C12H24O2S. The van der Waals surface area contributed by atoms with Crippen molar-refractivity contribution in [3.05, 3.63) is 12.7 Å². The van der Waals surface area contributed by atoms with Crippen LogP contribution in [0.4, 0.5) is 0 Å². The molecule has 0 N–H and O–H groups in total. The Morgan fingerprint density at radius 3 is 1.80 bits per heavy atom. The van der Waals surface area contributed by atoms with Crippen LogP contribution >= 0.6 is 10.6 Å². The Balaban J connectivity index is 3.06. The summed E-state index contributed by atoms with van der Waals surface area (Å²) in [7, 11) is -1.53. The molecule has 2 nitrogen and oxygen atoms in total. The fourth-order valence-electron chi connectivity index (χ4n) is 2.06. The molecule has 0 aliphatic carbocycles. The molecule has 1 rings (SSSR count). The predicted molar refractivity (Wildman–Crippen MR) is 68.1 cm³/mol. The molecule has 1 atom stereocenters. The molecule has 0 saturated carbocycles. The largest absolute Gasteiger partial charge is 0.280 e. The molecule has 0 amide bonds. The third kappa shape index (κ3) is 2.10. The first-order valence-electron chi connectivity index (χ1n) is 5.42. The molecule has 0 aromatic rings. The molecule has 3 heteroatoms. The van der Waals surface area contributed by atoms with Gasteiger partial charge in [-0.2, -0.15) is 10.6 Å². The van der Waals surface area contributed by atoms with Gasteiger partial charge in [0.1, 0.15) is 12.7 Å². The van der Waals surface area contributed by atoms with Gasteiger partial charge in [0.2, 0.25) is 0 Å². The Hall–Kier alpha value is 0.01000. The molecule has 1 heterocycles. The molecule has 0 aromatic heterocycles. The van der Waals surface area contributed by atoms with Crippen LogP contribution in [0.1, 0.15) is 41.5 Å². The van der Waals surface area contributed by atoms with E-state index in [0.717, 1.165) is 0 Å². The first kappa shape index (κ1) is 13.1. The maximum Gasteiger partial charge on any atom is 0.126 e. The highest BCUT2D eigenvalue weighted by Crippen LogP contribution is 2.72. The first-order chi connectivity index (χ1) is 6.64. The van der Waals surface area contributed by atoms with Crippen molar-refractivity contribution < 1.29 is 8.37 Å². The lowest BCUT2D eigenvalue weighted by molar-refractivity contribution is 0.290. The number of hydrogen-bond acceptors (Lipinski definition) is 2. The van der Waals surface area contributed by atoms with Crippen LogP contribution in [0, 0.1) is 0 Å². The maximum absolute atomic E-state index is 6.17. The van der Waals surface area contributed by atoms with Crippen LogP contribution in [-0.4, -0.2) is 22.2 Å². The zero-order valence-corrected chi connectivity index (χ0v) is 11.6. The van der Waals surface area contributed by atoms with E-state index >= 15 is 0 Å². The predicted octanol–water partition coefficient (Wildman–Crippen LogP) is 3.82. The van der Waals surface area contributed by atoms with Crippen LogP contribution in [-0.2, 0) is 8.37 Å². The summed E-state index contributed by atoms with van der Waals surface area (Å²) in [5.41, 5.74) is 0. The molecule has 0 radical (unpaired) electrons. The molecule has 1 aliphatic heterocycles. The lowest BCUT2D eigenvalue weighted by Crippen LogP contribution is -2.38. The van der Waals surface area contributed by atoms with Gasteiger partial charge >= 0.3 is 0 Å². The van der Waals surface area contributed by atoms with E-state index in [-0.39, 0.29) is 15.6 Å². The molecule has 0 spiro atoms. The Morgan fingerprint density at radius 2 is 1.60 bits per heavy atom. The van der Waals surface area contributed by atoms with Crippen LogP contribution in [0.15, 0.2) is 12.7 Å². The number of rotatable bonds is 1. The topological polar surface area (TPSA) is 18.5 Å². The monoisotopic (exact) mass is 232 g/mol.